The van der Waals surface area contributed by atoms with Crippen LogP contribution in [0.1, 0.15) is 25.7 Å². The van der Waals surface area contributed by atoms with Crippen LogP contribution in [-0.4, -0.2) is 23.9 Å². The van der Waals surface area contributed by atoms with Crippen LogP contribution in [0.15, 0.2) is 59.5 Å². The number of fused-ring (bicyclic) bond motifs is 1. The van der Waals surface area contributed by atoms with Crippen LogP contribution in [0.25, 0.3) is 0 Å². The summed E-state index contributed by atoms with van der Waals surface area (Å²) >= 11 is 0. The summed E-state index contributed by atoms with van der Waals surface area (Å²) in [5, 5.41) is 11.0. The zero-order valence-corrected chi connectivity index (χ0v) is 12.1. The van der Waals surface area contributed by atoms with Gasteiger partial charge in [0.2, 0.25) is 0 Å². The highest BCUT2D eigenvalue weighted by atomic mass is 32.2. The Balaban J connectivity index is 2.23. The van der Waals surface area contributed by atoms with Crippen LogP contribution in [0, 0.1) is 0 Å². The van der Waals surface area contributed by atoms with Crippen LogP contribution in [0.4, 0.5) is 0 Å². The average molecular weight is 290 g/mol. The molecule has 0 bridgehead atoms. The molecule has 4 heteroatoms. The van der Waals surface area contributed by atoms with Crippen LogP contribution < -0.4 is 0 Å². The van der Waals surface area contributed by atoms with E-state index in [0.717, 1.165) is 0 Å². The van der Waals surface area contributed by atoms with E-state index >= 15 is 0 Å². The molecule has 20 heavy (non-hydrogen) atoms. The lowest BCUT2D eigenvalue weighted by molar-refractivity contribution is 0.0701. The lowest BCUT2D eigenvalue weighted by atomic mass is 9.91. The monoisotopic (exact) mass is 290 g/mol. The van der Waals surface area contributed by atoms with Gasteiger partial charge in [-0.3, -0.25) is 0 Å². The van der Waals surface area contributed by atoms with Gasteiger partial charge in [0, 0.05) is 0 Å². The van der Waals surface area contributed by atoms with Gasteiger partial charge < -0.3 is 5.11 Å². The Kier molecular flexibility index (Phi) is 2.76. The van der Waals surface area contributed by atoms with E-state index < -0.39 is 20.2 Å². The van der Waals surface area contributed by atoms with Crippen molar-refractivity contribution < 1.29 is 13.5 Å². The predicted molar refractivity (Wildman–Crippen MR) is 78.1 cm³/mol. The van der Waals surface area contributed by atoms with Gasteiger partial charge >= 0.3 is 0 Å². The molecule has 1 aromatic carbocycles. The minimum absolute atomic E-state index is 0.267. The first kappa shape index (κ1) is 13.6. The fourth-order valence-corrected chi connectivity index (χ4v) is 6.16. The molecule has 1 N–H and O–H groups in total. The number of hydrogen-bond donors (Lipinski definition) is 1. The second kappa shape index (κ2) is 4.06. The Morgan fingerprint density at radius 1 is 1.10 bits per heavy atom. The third-order valence-corrected chi connectivity index (χ3v) is 7.47. The number of rotatable bonds is 2. The molecule has 0 spiro atoms. The van der Waals surface area contributed by atoms with Crippen molar-refractivity contribution in [2.24, 2.45) is 0 Å². The minimum Gasteiger partial charge on any atom is -0.383 e. The van der Waals surface area contributed by atoms with Crippen LogP contribution in [-0.2, 0) is 9.84 Å². The lowest BCUT2D eigenvalue weighted by Gasteiger charge is -2.35. The van der Waals surface area contributed by atoms with Crippen molar-refractivity contribution in [3.8, 4) is 0 Å². The molecule has 0 aromatic heterocycles. The van der Waals surface area contributed by atoms with Crippen molar-refractivity contribution in [3.63, 3.8) is 0 Å². The maximum absolute atomic E-state index is 13.1. The minimum atomic E-state index is -3.63. The molecule has 106 valence electrons. The number of sulfone groups is 1. The molecule has 2 fully saturated rings. The van der Waals surface area contributed by atoms with Crippen molar-refractivity contribution >= 4 is 9.84 Å². The number of benzene rings is 1. The summed E-state index contributed by atoms with van der Waals surface area (Å²) in [6.07, 6.45) is 1.87. The summed E-state index contributed by atoms with van der Waals surface area (Å²) in [7, 11) is -3.63. The smallest absolute Gasteiger partial charge is 0.187 e. The molecule has 0 amide bonds. The highest BCUT2D eigenvalue weighted by Crippen LogP contribution is 2.60. The summed E-state index contributed by atoms with van der Waals surface area (Å²) < 4.78 is 25.0. The Morgan fingerprint density at radius 3 is 2.40 bits per heavy atom. The molecule has 0 saturated heterocycles. The molecule has 2 atom stereocenters. The highest BCUT2D eigenvalue weighted by molar-refractivity contribution is 7.93. The zero-order valence-electron chi connectivity index (χ0n) is 11.3. The molecule has 3 rings (SSSR count). The fraction of sp³-hybridized carbons (Fsp3) is 0.375. The van der Waals surface area contributed by atoms with E-state index in [1.807, 2.05) is 0 Å². The Morgan fingerprint density at radius 2 is 1.75 bits per heavy atom. The normalized spacial score (nSPS) is 33.5. The van der Waals surface area contributed by atoms with Crippen LogP contribution in [0.2, 0.25) is 0 Å². The summed E-state index contributed by atoms with van der Waals surface area (Å²) in [6, 6.07) is 8.37. The van der Waals surface area contributed by atoms with Crippen molar-refractivity contribution in [2.75, 3.05) is 0 Å². The lowest BCUT2D eigenvalue weighted by Crippen LogP contribution is -2.51. The van der Waals surface area contributed by atoms with E-state index in [1.165, 1.54) is 0 Å². The Hall–Kier alpha value is -1.39. The van der Waals surface area contributed by atoms with Crippen LogP contribution >= 0.6 is 0 Å². The quantitative estimate of drug-likeness (QED) is 0.911. The fourth-order valence-electron chi connectivity index (χ4n) is 3.75. The molecule has 0 heterocycles. The van der Waals surface area contributed by atoms with Gasteiger partial charge in [0.1, 0.15) is 10.3 Å². The number of hydrogen-bond acceptors (Lipinski definition) is 3. The first-order valence-corrected chi connectivity index (χ1v) is 8.23. The van der Waals surface area contributed by atoms with Gasteiger partial charge in [-0.25, -0.2) is 8.42 Å². The molecule has 2 saturated carbocycles. The largest absolute Gasteiger partial charge is 0.383 e. The van der Waals surface area contributed by atoms with Crippen molar-refractivity contribution in [1.29, 1.82) is 0 Å². The molecule has 0 radical (unpaired) electrons. The van der Waals surface area contributed by atoms with Crippen molar-refractivity contribution in [3.05, 3.63) is 54.6 Å². The summed E-state index contributed by atoms with van der Waals surface area (Å²) in [6.45, 7) is 7.78. The molecule has 2 unspecified atom stereocenters. The van der Waals surface area contributed by atoms with Crippen LogP contribution in [0.5, 0.6) is 0 Å². The van der Waals surface area contributed by atoms with E-state index in [2.05, 4.69) is 13.2 Å². The van der Waals surface area contributed by atoms with Crippen molar-refractivity contribution in [1.82, 2.24) is 0 Å². The maximum atomic E-state index is 13.1. The van der Waals surface area contributed by atoms with E-state index in [-0.39, 0.29) is 11.3 Å². The average Bonchev–Trinajstić information content (AvgIpc) is 2.86. The van der Waals surface area contributed by atoms with Gasteiger partial charge in [0.15, 0.2) is 9.84 Å². The molecule has 0 aliphatic heterocycles. The molecular weight excluding hydrogens is 272 g/mol. The Bertz CT molecular complexity index is 690. The van der Waals surface area contributed by atoms with Gasteiger partial charge in [0.05, 0.1) is 4.90 Å². The van der Waals surface area contributed by atoms with Gasteiger partial charge in [0.25, 0.3) is 0 Å². The van der Waals surface area contributed by atoms with Crippen LogP contribution in [0.3, 0.4) is 0 Å². The van der Waals surface area contributed by atoms with E-state index in [4.69, 9.17) is 0 Å². The topological polar surface area (TPSA) is 54.4 Å². The Labute approximate surface area is 119 Å². The SMILES string of the molecule is C=C1CC2(S(=O)(=O)c3ccccc3)CCCC2(O)C1=C. The molecule has 1 aromatic rings. The highest BCUT2D eigenvalue weighted by Gasteiger charge is 2.67. The maximum Gasteiger partial charge on any atom is 0.187 e. The zero-order chi connectivity index (χ0) is 14.6. The number of aliphatic hydroxyl groups is 1. The molecule has 2 aliphatic rings. The standard InChI is InChI=1S/C16H18O3S/c1-12-11-15(9-6-10-16(15,17)13(12)2)20(18,19)14-7-4-3-5-8-14/h3-5,7-8,17H,1-2,6,9-11H2. The van der Waals surface area contributed by atoms with E-state index in [0.29, 0.717) is 30.4 Å². The summed E-state index contributed by atoms with van der Waals surface area (Å²) in [4.78, 5) is 0.267. The second-order valence-electron chi connectivity index (χ2n) is 5.78. The third kappa shape index (κ3) is 1.41. The molecule has 3 nitrogen and oxygen atoms in total. The summed E-state index contributed by atoms with van der Waals surface area (Å²) in [5.41, 5.74) is -0.208. The molecular formula is C16H18O3S. The van der Waals surface area contributed by atoms with E-state index in [9.17, 15) is 13.5 Å². The summed E-state index contributed by atoms with van der Waals surface area (Å²) in [5.74, 6) is 0. The first-order valence-electron chi connectivity index (χ1n) is 6.75. The predicted octanol–water partition coefficient (Wildman–Crippen LogP) is 2.63. The second-order valence-corrected chi connectivity index (χ2v) is 8.04. The third-order valence-electron chi connectivity index (χ3n) is 4.87. The van der Waals surface area contributed by atoms with E-state index in [1.54, 1.807) is 30.3 Å². The van der Waals surface area contributed by atoms with Gasteiger partial charge in [-0.2, -0.15) is 0 Å². The van der Waals surface area contributed by atoms with Crippen molar-refractivity contribution in [2.45, 2.75) is 40.9 Å². The van der Waals surface area contributed by atoms with Gasteiger partial charge in [-0.05, 0) is 49.0 Å². The van der Waals surface area contributed by atoms with Gasteiger partial charge in [-0.15, -0.1) is 0 Å². The first-order chi connectivity index (χ1) is 9.35. The molecule has 2 aliphatic carbocycles. The van der Waals surface area contributed by atoms with Gasteiger partial charge in [-0.1, -0.05) is 31.4 Å².